The Labute approximate surface area is 175 Å². The molecule has 1 fully saturated rings. The Balaban J connectivity index is 1.39. The number of halogens is 3. The molecule has 0 radical (unpaired) electrons. The maximum Gasteiger partial charge on any atom is 0.401 e. The number of guanidine groups is 1. The van der Waals surface area contributed by atoms with E-state index in [1.54, 1.807) is 7.05 Å². The Morgan fingerprint density at radius 1 is 1.23 bits per heavy atom. The molecule has 166 valence electrons. The van der Waals surface area contributed by atoms with E-state index in [1.165, 1.54) is 4.90 Å². The van der Waals surface area contributed by atoms with Gasteiger partial charge in [0.15, 0.2) is 5.96 Å². The van der Waals surface area contributed by atoms with Crippen LogP contribution in [-0.2, 0) is 4.79 Å². The Kier molecular flexibility index (Phi) is 7.58. The summed E-state index contributed by atoms with van der Waals surface area (Å²) in [5.74, 6) is 1.19. The third-order valence-corrected chi connectivity index (χ3v) is 5.80. The Morgan fingerprint density at radius 2 is 1.97 bits per heavy atom. The number of likely N-dealkylation sites (tertiary alicyclic amines) is 1. The average Bonchev–Trinajstić information content (AvgIpc) is 2.70. The van der Waals surface area contributed by atoms with Gasteiger partial charge in [0.05, 0.1) is 6.54 Å². The van der Waals surface area contributed by atoms with Crippen molar-refractivity contribution in [2.45, 2.75) is 37.8 Å². The molecule has 6 nitrogen and oxygen atoms in total. The van der Waals surface area contributed by atoms with E-state index in [4.69, 9.17) is 0 Å². The number of alkyl halides is 3. The number of nitrogens with zero attached hydrogens (tertiary/aromatic N) is 2. The second kappa shape index (κ2) is 10.1. The van der Waals surface area contributed by atoms with Gasteiger partial charge in [0.25, 0.3) is 0 Å². The Bertz CT molecular complexity index is 744. The first-order valence-electron chi connectivity index (χ1n) is 10.5. The fraction of sp³-hybridized carbons (Fsp3) is 0.619. The molecule has 1 amide bonds. The minimum atomic E-state index is -4.12. The minimum absolute atomic E-state index is 0.0142. The highest BCUT2D eigenvalue weighted by atomic mass is 19.4. The number of rotatable bonds is 6. The van der Waals surface area contributed by atoms with Crippen LogP contribution in [0.3, 0.4) is 0 Å². The molecule has 0 aromatic heterocycles. The van der Waals surface area contributed by atoms with Gasteiger partial charge in [-0.05, 0) is 49.9 Å². The second-order valence-corrected chi connectivity index (χ2v) is 8.04. The zero-order valence-corrected chi connectivity index (χ0v) is 17.3. The van der Waals surface area contributed by atoms with Crippen LogP contribution >= 0.6 is 0 Å². The molecule has 0 spiro atoms. The van der Waals surface area contributed by atoms with Gasteiger partial charge < -0.3 is 16.0 Å². The first-order chi connectivity index (χ1) is 14.3. The number of benzene rings is 1. The van der Waals surface area contributed by atoms with Crippen molar-refractivity contribution in [2.24, 2.45) is 10.9 Å². The van der Waals surface area contributed by atoms with Crippen LogP contribution in [0.1, 0.15) is 37.2 Å². The number of hydrogen-bond acceptors (Lipinski definition) is 3. The lowest BCUT2D eigenvalue weighted by Gasteiger charge is -2.32. The molecule has 2 heterocycles. The molecule has 0 aliphatic carbocycles. The van der Waals surface area contributed by atoms with E-state index >= 15 is 0 Å². The number of carbonyl (C=O) groups is 1. The quantitative estimate of drug-likeness (QED) is 0.484. The summed E-state index contributed by atoms with van der Waals surface area (Å²) >= 11 is 0. The SMILES string of the molecule is CN=C(NCCC1CCN(CC(F)(F)F)CC1)NCC1CC(=O)Nc2ccccc21. The molecule has 1 saturated heterocycles. The fourth-order valence-electron chi connectivity index (χ4n) is 4.21. The predicted octanol–water partition coefficient (Wildman–Crippen LogP) is 2.94. The first-order valence-corrected chi connectivity index (χ1v) is 10.5. The number of hydrogen-bond donors (Lipinski definition) is 3. The average molecular weight is 425 g/mol. The van der Waals surface area contributed by atoms with Crippen molar-refractivity contribution in [1.82, 2.24) is 15.5 Å². The van der Waals surface area contributed by atoms with Crippen molar-refractivity contribution in [1.29, 1.82) is 0 Å². The lowest BCUT2D eigenvalue weighted by atomic mass is 9.90. The minimum Gasteiger partial charge on any atom is -0.356 e. The topological polar surface area (TPSA) is 68.8 Å². The van der Waals surface area contributed by atoms with Crippen LogP contribution in [0.15, 0.2) is 29.3 Å². The van der Waals surface area contributed by atoms with Crippen LogP contribution in [0.4, 0.5) is 18.9 Å². The van der Waals surface area contributed by atoms with Crippen LogP contribution in [0, 0.1) is 5.92 Å². The fourth-order valence-corrected chi connectivity index (χ4v) is 4.21. The molecular weight excluding hydrogens is 395 g/mol. The summed E-state index contributed by atoms with van der Waals surface area (Å²) in [6.45, 7) is 1.50. The van der Waals surface area contributed by atoms with E-state index < -0.39 is 12.7 Å². The maximum absolute atomic E-state index is 12.5. The van der Waals surface area contributed by atoms with Crippen LogP contribution < -0.4 is 16.0 Å². The van der Waals surface area contributed by atoms with Gasteiger partial charge in [-0.1, -0.05) is 18.2 Å². The lowest BCUT2D eigenvalue weighted by molar-refractivity contribution is -0.148. The summed E-state index contributed by atoms with van der Waals surface area (Å²) < 4.78 is 37.5. The van der Waals surface area contributed by atoms with Gasteiger partial charge in [-0.3, -0.25) is 14.7 Å². The second-order valence-electron chi connectivity index (χ2n) is 8.04. The van der Waals surface area contributed by atoms with E-state index in [2.05, 4.69) is 20.9 Å². The van der Waals surface area contributed by atoms with Gasteiger partial charge in [0.1, 0.15) is 0 Å². The maximum atomic E-state index is 12.5. The zero-order valence-electron chi connectivity index (χ0n) is 17.3. The summed E-state index contributed by atoms with van der Waals surface area (Å²) in [6, 6.07) is 7.81. The number of anilines is 1. The summed E-state index contributed by atoms with van der Waals surface area (Å²) in [5, 5.41) is 9.48. The van der Waals surface area contributed by atoms with E-state index in [1.807, 2.05) is 24.3 Å². The van der Waals surface area contributed by atoms with Gasteiger partial charge in [-0.2, -0.15) is 13.2 Å². The number of aliphatic imine (C=N–C) groups is 1. The van der Waals surface area contributed by atoms with Crippen LogP contribution in [0.2, 0.25) is 0 Å². The summed E-state index contributed by atoms with van der Waals surface area (Å²) in [7, 11) is 1.70. The third kappa shape index (κ3) is 6.62. The highest BCUT2D eigenvalue weighted by Gasteiger charge is 2.32. The molecule has 3 rings (SSSR count). The van der Waals surface area contributed by atoms with E-state index in [9.17, 15) is 18.0 Å². The predicted molar refractivity (Wildman–Crippen MR) is 112 cm³/mol. The molecule has 1 aromatic rings. The van der Waals surface area contributed by atoms with Crippen LogP contribution in [0.5, 0.6) is 0 Å². The number of fused-ring (bicyclic) bond motifs is 1. The van der Waals surface area contributed by atoms with Gasteiger partial charge in [-0.15, -0.1) is 0 Å². The van der Waals surface area contributed by atoms with E-state index in [-0.39, 0.29) is 11.8 Å². The number of amides is 1. The standard InChI is InChI=1S/C21H30F3N5O/c1-25-20(26-9-6-15-7-10-29(11-8-15)14-21(22,23)24)27-13-16-12-19(30)28-18-5-3-2-4-17(16)18/h2-5,15-16H,6-14H2,1H3,(H,28,30)(H2,25,26,27). The number of carbonyl (C=O) groups excluding carboxylic acids is 1. The third-order valence-electron chi connectivity index (χ3n) is 5.80. The normalized spacial score (nSPS) is 21.1. The molecular formula is C21H30F3N5O. The first kappa shape index (κ1) is 22.4. The molecule has 30 heavy (non-hydrogen) atoms. The van der Waals surface area contributed by atoms with Crippen LogP contribution in [0.25, 0.3) is 0 Å². The highest BCUT2D eigenvalue weighted by molar-refractivity contribution is 5.94. The van der Waals surface area contributed by atoms with Crippen LogP contribution in [-0.4, -0.2) is 62.7 Å². The molecule has 3 N–H and O–H groups in total. The van der Waals surface area contributed by atoms with Crippen molar-refractivity contribution >= 4 is 17.6 Å². The van der Waals surface area contributed by atoms with Gasteiger partial charge in [0.2, 0.25) is 5.91 Å². The lowest BCUT2D eigenvalue weighted by Crippen LogP contribution is -2.42. The summed E-state index contributed by atoms with van der Waals surface area (Å²) in [4.78, 5) is 17.7. The number of nitrogens with one attached hydrogen (secondary N) is 3. The number of piperidine rings is 1. The van der Waals surface area contributed by atoms with E-state index in [0.29, 0.717) is 44.5 Å². The molecule has 2 aliphatic rings. The molecule has 9 heteroatoms. The van der Waals surface area contributed by atoms with E-state index in [0.717, 1.165) is 30.5 Å². The Morgan fingerprint density at radius 3 is 2.67 bits per heavy atom. The summed E-state index contributed by atoms with van der Waals surface area (Å²) in [6.07, 6.45) is -1.21. The largest absolute Gasteiger partial charge is 0.401 e. The molecule has 1 aromatic carbocycles. The van der Waals surface area contributed by atoms with Crippen molar-refractivity contribution in [3.05, 3.63) is 29.8 Å². The molecule has 2 aliphatic heterocycles. The van der Waals surface area contributed by atoms with Gasteiger partial charge in [-0.25, -0.2) is 0 Å². The van der Waals surface area contributed by atoms with Crippen molar-refractivity contribution in [2.75, 3.05) is 45.1 Å². The Hall–Kier alpha value is -2.29. The van der Waals surface area contributed by atoms with Crippen molar-refractivity contribution in [3.8, 4) is 0 Å². The molecule has 0 bridgehead atoms. The smallest absolute Gasteiger partial charge is 0.356 e. The zero-order chi connectivity index (χ0) is 21.6. The van der Waals surface area contributed by atoms with Gasteiger partial charge >= 0.3 is 6.18 Å². The summed E-state index contributed by atoms with van der Waals surface area (Å²) in [5.41, 5.74) is 1.98. The highest BCUT2D eigenvalue weighted by Crippen LogP contribution is 2.31. The molecule has 0 saturated carbocycles. The van der Waals surface area contributed by atoms with Crippen molar-refractivity contribution in [3.63, 3.8) is 0 Å². The monoisotopic (exact) mass is 425 g/mol. The number of para-hydroxylation sites is 1. The molecule has 1 unspecified atom stereocenters. The van der Waals surface area contributed by atoms with Crippen molar-refractivity contribution < 1.29 is 18.0 Å². The molecule has 1 atom stereocenters. The van der Waals surface area contributed by atoms with Gasteiger partial charge in [0, 0.05) is 38.2 Å².